The van der Waals surface area contributed by atoms with Crippen LogP contribution in [0.25, 0.3) is 6.08 Å². The maximum atomic E-state index is 13.0. The van der Waals surface area contributed by atoms with Gasteiger partial charge in [0.2, 0.25) is 0 Å². The van der Waals surface area contributed by atoms with Gasteiger partial charge in [0.25, 0.3) is 5.91 Å². The Morgan fingerprint density at radius 3 is 2.93 bits per heavy atom. The number of anilines is 1. The minimum atomic E-state index is -0.401. The molecule has 0 spiro atoms. The van der Waals surface area contributed by atoms with Crippen molar-refractivity contribution in [2.75, 3.05) is 12.4 Å². The third kappa shape index (κ3) is 3.85. The van der Waals surface area contributed by atoms with E-state index < -0.39 is 5.97 Å². The number of aryl methyl sites for hydroxylation is 1. The number of amides is 1. The zero-order chi connectivity index (χ0) is 20.5. The van der Waals surface area contributed by atoms with E-state index in [1.807, 2.05) is 25.1 Å². The van der Waals surface area contributed by atoms with Crippen LogP contribution in [0.4, 0.5) is 5.00 Å². The van der Waals surface area contributed by atoms with Gasteiger partial charge in [-0.15, -0.1) is 11.3 Å². The molecule has 0 saturated heterocycles. The van der Waals surface area contributed by atoms with Gasteiger partial charge in [0, 0.05) is 16.0 Å². The van der Waals surface area contributed by atoms with Crippen LogP contribution < -0.4 is 10.1 Å². The Kier molecular flexibility index (Phi) is 5.28. The second kappa shape index (κ2) is 7.87. The molecule has 0 fully saturated rings. The summed E-state index contributed by atoms with van der Waals surface area (Å²) in [5, 5.41) is 3.50. The molecular weight excluding hydrogens is 386 g/mol. The van der Waals surface area contributed by atoms with Crippen LogP contribution in [-0.4, -0.2) is 19.0 Å². The minimum Gasteiger partial charge on any atom is -0.465 e. The van der Waals surface area contributed by atoms with Crippen molar-refractivity contribution in [3.8, 4) is 5.75 Å². The summed E-state index contributed by atoms with van der Waals surface area (Å²) in [6, 6.07) is 5.83. The molecule has 0 saturated carbocycles. The molecule has 0 radical (unpaired) electrons. The fraction of sp³-hybridized carbons (Fsp3) is 0.304. The number of methoxy groups -OCH3 is 1. The number of carbonyl (C=O) groups excluding carboxylic acids is 2. The fourth-order valence-corrected chi connectivity index (χ4v) is 5.13. The average Bonchev–Trinajstić information content (AvgIpc) is 2.90. The first-order valence-electron chi connectivity index (χ1n) is 9.66. The summed E-state index contributed by atoms with van der Waals surface area (Å²) < 4.78 is 10.6. The Morgan fingerprint density at radius 2 is 2.14 bits per heavy atom. The molecule has 2 aliphatic rings. The number of hydrogen-bond donors (Lipinski definition) is 1. The maximum absolute atomic E-state index is 13.0. The van der Waals surface area contributed by atoms with Crippen LogP contribution in [-0.2, 0) is 22.4 Å². The van der Waals surface area contributed by atoms with Crippen LogP contribution >= 0.6 is 11.3 Å². The zero-order valence-electron chi connectivity index (χ0n) is 16.7. The first kappa shape index (κ1) is 19.5. The maximum Gasteiger partial charge on any atom is 0.341 e. The lowest BCUT2D eigenvalue weighted by Gasteiger charge is -2.18. The molecule has 1 aromatic carbocycles. The number of hydrogen-bond acceptors (Lipinski definition) is 5. The van der Waals surface area contributed by atoms with Crippen LogP contribution in [0, 0.1) is 12.8 Å². The zero-order valence-corrected chi connectivity index (χ0v) is 17.5. The number of ether oxygens (including phenoxy) is 2. The molecule has 1 unspecified atom stereocenters. The summed E-state index contributed by atoms with van der Waals surface area (Å²) in [6.07, 6.45) is 7.72. The molecule has 2 aromatic rings. The van der Waals surface area contributed by atoms with Crippen molar-refractivity contribution in [2.45, 2.75) is 33.1 Å². The number of rotatable bonds is 3. The molecule has 150 valence electrons. The average molecular weight is 410 g/mol. The van der Waals surface area contributed by atoms with Gasteiger partial charge in [0.05, 0.1) is 18.9 Å². The third-order valence-corrected chi connectivity index (χ3v) is 6.48. The lowest BCUT2D eigenvalue weighted by Crippen LogP contribution is -2.16. The first-order valence-corrected chi connectivity index (χ1v) is 10.5. The molecule has 2 heterocycles. The molecule has 1 atom stereocenters. The van der Waals surface area contributed by atoms with E-state index in [-0.39, 0.29) is 5.91 Å². The van der Waals surface area contributed by atoms with Crippen molar-refractivity contribution in [3.05, 3.63) is 63.2 Å². The fourth-order valence-electron chi connectivity index (χ4n) is 3.73. The molecule has 1 amide bonds. The van der Waals surface area contributed by atoms with E-state index in [1.165, 1.54) is 24.7 Å². The largest absolute Gasteiger partial charge is 0.465 e. The van der Waals surface area contributed by atoms with Crippen LogP contribution in [0.2, 0.25) is 0 Å². The van der Waals surface area contributed by atoms with Gasteiger partial charge in [0.15, 0.2) is 0 Å². The van der Waals surface area contributed by atoms with Crippen molar-refractivity contribution in [1.82, 2.24) is 0 Å². The molecule has 1 aromatic heterocycles. The molecular formula is C23H23NO4S. The van der Waals surface area contributed by atoms with E-state index in [0.29, 0.717) is 27.8 Å². The Balaban J connectivity index is 1.66. The molecule has 1 aliphatic carbocycles. The monoisotopic (exact) mass is 409 g/mol. The standard InChI is InChI=1S/C23H23NO4S/c1-13-4-6-15-12-16(8-9-28-18(15)10-13)21(25)24-22-20(23(26)27-3)17-7-5-14(2)11-19(17)29-22/h4,6,8-10,12,14H,5,7,11H2,1-3H3,(H,24,25). The van der Waals surface area contributed by atoms with E-state index in [0.717, 1.165) is 40.8 Å². The van der Waals surface area contributed by atoms with E-state index in [1.54, 1.807) is 12.2 Å². The van der Waals surface area contributed by atoms with Crippen LogP contribution in [0.5, 0.6) is 5.75 Å². The number of fused-ring (bicyclic) bond motifs is 2. The summed E-state index contributed by atoms with van der Waals surface area (Å²) in [7, 11) is 1.37. The van der Waals surface area contributed by atoms with Gasteiger partial charge in [-0.1, -0.05) is 19.1 Å². The summed E-state index contributed by atoms with van der Waals surface area (Å²) in [5.41, 5.74) is 3.89. The highest BCUT2D eigenvalue weighted by atomic mass is 32.1. The molecule has 0 bridgehead atoms. The number of benzene rings is 1. The Morgan fingerprint density at radius 1 is 1.31 bits per heavy atom. The highest BCUT2D eigenvalue weighted by Gasteiger charge is 2.29. The van der Waals surface area contributed by atoms with Crippen LogP contribution in [0.15, 0.2) is 36.1 Å². The van der Waals surface area contributed by atoms with Crippen molar-refractivity contribution in [3.63, 3.8) is 0 Å². The summed E-state index contributed by atoms with van der Waals surface area (Å²) in [4.78, 5) is 26.6. The molecule has 1 N–H and O–H groups in total. The first-order chi connectivity index (χ1) is 14.0. The van der Waals surface area contributed by atoms with Gasteiger partial charge >= 0.3 is 5.97 Å². The quantitative estimate of drug-likeness (QED) is 0.733. The lowest BCUT2D eigenvalue weighted by atomic mass is 9.88. The minimum absolute atomic E-state index is 0.282. The number of nitrogens with one attached hydrogen (secondary N) is 1. The van der Waals surface area contributed by atoms with Crippen molar-refractivity contribution < 1.29 is 19.1 Å². The summed E-state index contributed by atoms with van der Waals surface area (Å²) >= 11 is 1.48. The second-order valence-corrected chi connectivity index (χ2v) is 8.67. The smallest absolute Gasteiger partial charge is 0.341 e. The molecule has 5 nitrogen and oxygen atoms in total. The van der Waals surface area contributed by atoms with Crippen molar-refractivity contribution in [1.29, 1.82) is 0 Å². The SMILES string of the molecule is COC(=O)c1c(NC(=O)C2=Cc3ccc(C)cc3OC=C2)sc2c1CCC(C)C2. The number of esters is 1. The summed E-state index contributed by atoms with van der Waals surface area (Å²) in [5.74, 6) is 0.594. The Labute approximate surface area is 174 Å². The van der Waals surface area contributed by atoms with Gasteiger partial charge in [-0.05, 0) is 61.4 Å². The van der Waals surface area contributed by atoms with Crippen LogP contribution in [0.1, 0.15) is 45.3 Å². The highest BCUT2D eigenvalue weighted by Crippen LogP contribution is 2.40. The van der Waals surface area contributed by atoms with E-state index in [9.17, 15) is 9.59 Å². The van der Waals surface area contributed by atoms with E-state index in [4.69, 9.17) is 9.47 Å². The van der Waals surface area contributed by atoms with Crippen LogP contribution in [0.3, 0.4) is 0 Å². The number of carbonyl (C=O) groups is 2. The van der Waals surface area contributed by atoms with Crippen molar-refractivity contribution in [2.24, 2.45) is 5.92 Å². The van der Waals surface area contributed by atoms with Gasteiger partial charge in [0.1, 0.15) is 10.8 Å². The highest BCUT2D eigenvalue weighted by molar-refractivity contribution is 7.17. The summed E-state index contributed by atoms with van der Waals surface area (Å²) in [6.45, 7) is 4.20. The van der Waals surface area contributed by atoms with Crippen molar-refractivity contribution >= 4 is 34.3 Å². The van der Waals surface area contributed by atoms with Gasteiger partial charge in [-0.2, -0.15) is 0 Å². The Bertz CT molecular complexity index is 1050. The second-order valence-electron chi connectivity index (χ2n) is 7.56. The predicted molar refractivity (Wildman–Crippen MR) is 114 cm³/mol. The lowest BCUT2D eigenvalue weighted by molar-refractivity contribution is -0.112. The molecule has 29 heavy (non-hydrogen) atoms. The normalized spacial score (nSPS) is 17.3. The number of thiophene rings is 1. The van der Waals surface area contributed by atoms with Gasteiger partial charge < -0.3 is 14.8 Å². The molecule has 1 aliphatic heterocycles. The molecule has 4 rings (SSSR count). The van der Waals surface area contributed by atoms with Gasteiger partial charge in [-0.3, -0.25) is 4.79 Å². The van der Waals surface area contributed by atoms with Gasteiger partial charge in [-0.25, -0.2) is 4.79 Å². The Hall–Kier alpha value is -2.86. The topological polar surface area (TPSA) is 64.6 Å². The van der Waals surface area contributed by atoms with E-state index >= 15 is 0 Å². The molecule has 6 heteroatoms. The van der Waals surface area contributed by atoms with E-state index in [2.05, 4.69) is 12.2 Å². The predicted octanol–water partition coefficient (Wildman–Crippen LogP) is 4.90. The third-order valence-electron chi connectivity index (χ3n) is 5.31.